The molecule has 0 aromatic heterocycles. The van der Waals surface area contributed by atoms with Gasteiger partial charge in [-0.3, -0.25) is 0 Å². The molecule has 0 amide bonds. The molecule has 0 radical (unpaired) electrons. The Morgan fingerprint density at radius 2 is 1.82 bits per heavy atom. The Morgan fingerprint density at radius 1 is 1.27 bits per heavy atom. The van der Waals surface area contributed by atoms with Gasteiger partial charge in [0.05, 0.1) is 23.8 Å². The van der Waals surface area contributed by atoms with Crippen LogP contribution in [-0.2, 0) is 0 Å². The largest absolute Gasteiger partial charge is 0.312 e. The van der Waals surface area contributed by atoms with Gasteiger partial charge in [0.1, 0.15) is 6.04 Å². The Balaban J connectivity index is 4.92. The van der Waals surface area contributed by atoms with E-state index in [4.69, 9.17) is 21.5 Å². The summed E-state index contributed by atoms with van der Waals surface area (Å²) >= 11 is 0. The number of nitrogens with two attached hydrogens (primary N) is 1. The van der Waals surface area contributed by atoms with Crippen molar-refractivity contribution >= 4 is 0 Å². The maximum Gasteiger partial charge on any atom is 0.129 e. The summed E-state index contributed by atoms with van der Waals surface area (Å²) in [7, 11) is 0. The van der Waals surface area contributed by atoms with Crippen LogP contribution in [0.4, 0.5) is 0 Å². The van der Waals surface area contributed by atoms with Crippen molar-refractivity contribution in [3.63, 3.8) is 0 Å². The smallest absolute Gasteiger partial charge is 0.129 e. The lowest BCUT2D eigenvalue weighted by molar-refractivity contribution is 0.983. The van der Waals surface area contributed by atoms with Gasteiger partial charge < -0.3 is 5.73 Å². The van der Waals surface area contributed by atoms with E-state index in [9.17, 15) is 0 Å². The molecule has 0 aromatic rings. The van der Waals surface area contributed by atoms with Crippen LogP contribution >= 0.6 is 0 Å². The Morgan fingerprint density at radius 3 is 2.09 bits per heavy atom. The summed E-state index contributed by atoms with van der Waals surface area (Å²) in [4.78, 5) is 0. The molecule has 0 heterocycles. The highest BCUT2D eigenvalue weighted by Gasteiger charge is 2.10. The summed E-state index contributed by atoms with van der Waals surface area (Å²) in [5.41, 5.74) is 5.44. The van der Waals surface area contributed by atoms with Gasteiger partial charge in [-0.1, -0.05) is 0 Å². The second kappa shape index (κ2) is 4.06. The summed E-state index contributed by atoms with van der Waals surface area (Å²) in [6.45, 7) is 1.45. The molecule has 0 saturated heterocycles. The maximum absolute atomic E-state index is 8.44. The first-order chi connectivity index (χ1) is 5.17. The molecule has 0 fully saturated rings. The van der Waals surface area contributed by atoms with Gasteiger partial charge in [0, 0.05) is 5.57 Å². The number of hydrogen-bond acceptors (Lipinski definition) is 4. The minimum atomic E-state index is -0.986. The average molecular weight is 146 g/mol. The second-order valence-electron chi connectivity index (χ2n) is 1.87. The summed E-state index contributed by atoms with van der Waals surface area (Å²) < 4.78 is 0. The lowest BCUT2D eigenvalue weighted by atomic mass is 10.1. The van der Waals surface area contributed by atoms with Crippen LogP contribution in [0.25, 0.3) is 0 Å². The van der Waals surface area contributed by atoms with Crippen LogP contribution in [-0.4, -0.2) is 6.04 Å². The topological polar surface area (TPSA) is 97.4 Å². The van der Waals surface area contributed by atoms with Gasteiger partial charge in [-0.15, -0.1) is 0 Å². The molecule has 0 aliphatic rings. The molecule has 1 unspecified atom stereocenters. The van der Waals surface area contributed by atoms with Crippen LogP contribution in [0, 0.1) is 34.0 Å². The molecule has 4 heteroatoms. The normalized spacial score (nSPS) is 13.4. The fourth-order valence-corrected chi connectivity index (χ4v) is 0.511. The fourth-order valence-electron chi connectivity index (χ4n) is 0.511. The number of nitrogens with zero attached hydrogens (tertiary/aromatic N) is 3. The van der Waals surface area contributed by atoms with Gasteiger partial charge in [0.15, 0.2) is 0 Å². The zero-order valence-corrected chi connectivity index (χ0v) is 6.00. The Labute approximate surface area is 64.8 Å². The van der Waals surface area contributed by atoms with Gasteiger partial charge in [0.25, 0.3) is 0 Å². The van der Waals surface area contributed by atoms with Crippen LogP contribution in [0.5, 0.6) is 0 Å². The van der Waals surface area contributed by atoms with Crippen molar-refractivity contribution in [3.05, 3.63) is 11.1 Å². The van der Waals surface area contributed by atoms with E-state index in [0.717, 1.165) is 0 Å². The summed E-state index contributed by atoms with van der Waals surface area (Å²) in [6.07, 6.45) is 0. The van der Waals surface area contributed by atoms with Crippen LogP contribution in [0.3, 0.4) is 0 Å². The zero-order chi connectivity index (χ0) is 8.85. The van der Waals surface area contributed by atoms with Crippen molar-refractivity contribution in [2.45, 2.75) is 13.0 Å². The monoisotopic (exact) mass is 146 g/mol. The molecule has 0 spiro atoms. The van der Waals surface area contributed by atoms with Gasteiger partial charge in [-0.05, 0) is 6.92 Å². The molecule has 0 aliphatic heterocycles. The van der Waals surface area contributed by atoms with Gasteiger partial charge in [0.2, 0.25) is 0 Å². The first kappa shape index (κ1) is 9.17. The van der Waals surface area contributed by atoms with Crippen LogP contribution in [0.1, 0.15) is 6.92 Å². The lowest BCUT2D eigenvalue weighted by Gasteiger charge is -1.98. The van der Waals surface area contributed by atoms with E-state index in [1.54, 1.807) is 18.2 Å². The number of hydrogen-bond donors (Lipinski definition) is 1. The predicted molar refractivity (Wildman–Crippen MR) is 37.5 cm³/mol. The third kappa shape index (κ3) is 2.10. The van der Waals surface area contributed by atoms with Gasteiger partial charge in [-0.25, -0.2) is 0 Å². The third-order valence-corrected chi connectivity index (χ3v) is 1.14. The van der Waals surface area contributed by atoms with Crippen LogP contribution < -0.4 is 5.73 Å². The summed E-state index contributed by atoms with van der Waals surface area (Å²) in [6, 6.07) is 4.16. The lowest BCUT2D eigenvalue weighted by Crippen LogP contribution is -2.20. The standard InChI is InChI=1S/C7H6N4/c1-5(2-8)6(3-9)7(11)4-10/h7H,11H2,1H3/b6-5+. The highest BCUT2D eigenvalue weighted by Crippen LogP contribution is 2.04. The molecule has 4 nitrogen and oxygen atoms in total. The summed E-state index contributed by atoms with van der Waals surface area (Å²) in [5.74, 6) is 0. The van der Waals surface area contributed by atoms with E-state index in [1.165, 1.54) is 6.92 Å². The molecule has 1 atom stereocenters. The van der Waals surface area contributed by atoms with Crippen LogP contribution in [0.2, 0.25) is 0 Å². The van der Waals surface area contributed by atoms with Crippen molar-refractivity contribution < 1.29 is 0 Å². The van der Waals surface area contributed by atoms with Crippen LogP contribution in [0.15, 0.2) is 11.1 Å². The average Bonchev–Trinajstić information content (AvgIpc) is 2.05. The van der Waals surface area contributed by atoms with Gasteiger partial charge in [-0.2, -0.15) is 15.8 Å². The first-order valence-electron chi connectivity index (χ1n) is 2.83. The molecular formula is C7H6N4. The second-order valence-corrected chi connectivity index (χ2v) is 1.87. The molecule has 0 aliphatic carbocycles. The highest BCUT2D eigenvalue weighted by atomic mass is 14.6. The van der Waals surface area contributed by atoms with E-state index in [-0.39, 0.29) is 11.1 Å². The number of rotatable bonds is 1. The molecule has 11 heavy (non-hydrogen) atoms. The SMILES string of the molecule is C/C(C#N)=C(/C#N)C(N)C#N. The van der Waals surface area contributed by atoms with Crippen molar-refractivity contribution in [2.24, 2.45) is 5.73 Å². The third-order valence-electron chi connectivity index (χ3n) is 1.14. The van der Waals surface area contributed by atoms with Crippen molar-refractivity contribution in [3.8, 4) is 18.2 Å². The summed E-state index contributed by atoms with van der Waals surface area (Å²) in [5, 5.41) is 25.1. The molecule has 2 N–H and O–H groups in total. The molecule has 0 aromatic carbocycles. The zero-order valence-electron chi connectivity index (χ0n) is 6.00. The molecule has 0 saturated carbocycles. The molecule has 0 rings (SSSR count). The van der Waals surface area contributed by atoms with Crippen molar-refractivity contribution in [2.75, 3.05) is 0 Å². The Hall–Kier alpha value is -1.83. The molecule has 54 valence electrons. The molecular weight excluding hydrogens is 140 g/mol. The van der Waals surface area contributed by atoms with E-state index in [1.807, 2.05) is 0 Å². The van der Waals surface area contributed by atoms with E-state index in [0.29, 0.717) is 0 Å². The highest BCUT2D eigenvalue weighted by molar-refractivity contribution is 5.41. The Kier molecular flexibility index (Phi) is 3.39. The minimum absolute atomic E-state index is 0.0370. The number of nitriles is 3. The minimum Gasteiger partial charge on any atom is -0.312 e. The quantitative estimate of drug-likeness (QED) is 0.534. The first-order valence-corrected chi connectivity index (χ1v) is 2.83. The van der Waals surface area contributed by atoms with E-state index >= 15 is 0 Å². The van der Waals surface area contributed by atoms with Crippen molar-refractivity contribution in [1.29, 1.82) is 15.8 Å². The predicted octanol–water partition coefficient (Wildman–Crippen LogP) is 0.201. The molecule has 0 bridgehead atoms. The number of allylic oxidation sites excluding steroid dienone is 1. The van der Waals surface area contributed by atoms with Crippen molar-refractivity contribution in [1.82, 2.24) is 0 Å². The maximum atomic E-state index is 8.44. The Bertz CT molecular complexity index is 294. The fraction of sp³-hybridized carbons (Fsp3) is 0.286. The van der Waals surface area contributed by atoms with E-state index in [2.05, 4.69) is 0 Å². The van der Waals surface area contributed by atoms with Gasteiger partial charge >= 0.3 is 0 Å². The van der Waals surface area contributed by atoms with E-state index < -0.39 is 6.04 Å².